The molecule has 0 N–H and O–H groups in total. The lowest BCUT2D eigenvalue weighted by Crippen LogP contribution is -1.92. The maximum atomic E-state index is 8.52. The Morgan fingerprint density at radius 1 is 1.46 bits per heavy atom. The number of nitrogens with zero attached hydrogens (tertiary/aromatic N) is 1. The summed E-state index contributed by atoms with van der Waals surface area (Å²) in [6.07, 6.45) is 1.40. The first-order valence-electron chi connectivity index (χ1n) is 4.34. The third kappa shape index (κ3) is 2.22. The van der Waals surface area contributed by atoms with Gasteiger partial charge in [0.1, 0.15) is 5.75 Å². The fourth-order valence-corrected chi connectivity index (χ4v) is 1.28. The van der Waals surface area contributed by atoms with Gasteiger partial charge in [0.2, 0.25) is 0 Å². The normalized spacial score (nSPS) is 9.31. The van der Waals surface area contributed by atoms with Crippen LogP contribution in [0.1, 0.15) is 18.1 Å². The molecule has 0 atom stereocenters. The summed E-state index contributed by atoms with van der Waals surface area (Å²) in [5.74, 6) is 0.884. The molecular formula is C11H13NO. The van der Waals surface area contributed by atoms with Gasteiger partial charge in [-0.1, -0.05) is 19.1 Å². The van der Waals surface area contributed by atoms with Crippen LogP contribution < -0.4 is 4.74 Å². The van der Waals surface area contributed by atoms with Crippen LogP contribution >= 0.6 is 0 Å². The van der Waals surface area contributed by atoms with Crippen molar-refractivity contribution in [2.75, 3.05) is 7.11 Å². The summed E-state index contributed by atoms with van der Waals surface area (Å²) < 4.78 is 5.21. The average molecular weight is 175 g/mol. The van der Waals surface area contributed by atoms with Gasteiger partial charge in [-0.2, -0.15) is 5.26 Å². The molecule has 0 bridgehead atoms. The molecule has 2 heteroatoms. The highest BCUT2D eigenvalue weighted by Gasteiger charge is 2.01. The molecule has 0 amide bonds. The number of nitriles is 1. The van der Waals surface area contributed by atoms with E-state index >= 15 is 0 Å². The van der Waals surface area contributed by atoms with Gasteiger partial charge in [0, 0.05) is 0 Å². The topological polar surface area (TPSA) is 33.0 Å². The van der Waals surface area contributed by atoms with Crippen LogP contribution in [0.25, 0.3) is 0 Å². The molecule has 0 aliphatic carbocycles. The summed E-state index contributed by atoms with van der Waals surface area (Å²) in [6, 6.07) is 8.05. The first-order valence-corrected chi connectivity index (χ1v) is 4.34. The number of hydrogen-bond acceptors (Lipinski definition) is 2. The fourth-order valence-electron chi connectivity index (χ4n) is 1.28. The highest BCUT2D eigenvalue weighted by atomic mass is 16.5. The largest absolute Gasteiger partial charge is 0.496 e. The molecule has 0 aliphatic heterocycles. The van der Waals surface area contributed by atoms with Crippen LogP contribution in [-0.4, -0.2) is 7.11 Å². The number of benzene rings is 1. The minimum Gasteiger partial charge on any atom is -0.496 e. The Hall–Kier alpha value is -1.49. The quantitative estimate of drug-likeness (QED) is 0.706. The monoisotopic (exact) mass is 175 g/mol. The van der Waals surface area contributed by atoms with Crippen LogP contribution in [0.4, 0.5) is 0 Å². The Labute approximate surface area is 78.8 Å². The molecule has 0 heterocycles. The summed E-state index contributed by atoms with van der Waals surface area (Å²) in [4.78, 5) is 0. The smallest absolute Gasteiger partial charge is 0.122 e. The average Bonchev–Trinajstić information content (AvgIpc) is 2.18. The van der Waals surface area contributed by atoms with Crippen molar-refractivity contribution in [1.29, 1.82) is 5.26 Å². The van der Waals surface area contributed by atoms with E-state index in [4.69, 9.17) is 10.00 Å². The van der Waals surface area contributed by atoms with E-state index in [-0.39, 0.29) is 0 Å². The lowest BCUT2D eigenvalue weighted by Gasteiger charge is -2.07. The Bertz CT molecular complexity index is 325. The summed E-state index contributed by atoms with van der Waals surface area (Å²) in [5.41, 5.74) is 2.20. The third-order valence-electron chi connectivity index (χ3n) is 2.02. The van der Waals surface area contributed by atoms with E-state index in [1.54, 1.807) is 7.11 Å². The molecule has 1 rings (SSSR count). The number of hydrogen-bond donors (Lipinski definition) is 0. The van der Waals surface area contributed by atoms with E-state index in [2.05, 4.69) is 13.0 Å². The molecule has 13 heavy (non-hydrogen) atoms. The van der Waals surface area contributed by atoms with Crippen LogP contribution in [0, 0.1) is 11.3 Å². The minimum absolute atomic E-state index is 0.445. The number of aryl methyl sites for hydroxylation is 1. The molecule has 68 valence electrons. The first-order chi connectivity index (χ1) is 6.31. The SMILES string of the molecule is CCc1ccc(CC#N)cc1OC. The Morgan fingerprint density at radius 2 is 2.23 bits per heavy atom. The van der Waals surface area contributed by atoms with Gasteiger partial charge in [0.05, 0.1) is 19.6 Å². The van der Waals surface area contributed by atoms with Crippen molar-refractivity contribution in [3.63, 3.8) is 0 Å². The van der Waals surface area contributed by atoms with Crippen LogP contribution in [0.3, 0.4) is 0 Å². The van der Waals surface area contributed by atoms with Crippen molar-refractivity contribution in [2.24, 2.45) is 0 Å². The molecule has 0 saturated heterocycles. The molecule has 0 aliphatic rings. The molecule has 1 aromatic carbocycles. The van der Waals surface area contributed by atoms with Gasteiger partial charge >= 0.3 is 0 Å². The maximum absolute atomic E-state index is 8.52. The Morgan fingerprint density at radius 3 is 2.77 bits per heavy atom. The van der Waals surface area contributed by atoms with Gasteiger partial charge in [-0.25, -0.2) is 0 Å². The second-order valence-corrected chi connectivity index (χ2v) is 2.83. The van der Waals surface area contributed by atoms with E-state index in [9.17, 15) is 0 Å². The van der Waals surface area contributed by atoms with E-state index in [1.165, 1.54) is 5.56 Å². The van der Waals surface area contributed by atoms with Crippen molar-refractivity contribution in [3.05, 3.63) is 29.3 Å². The van der Waals surface area contributed by atoms with Crippen molar-refractivity contribution in [1.82, 2.24) is 0 Å². The minimum atomic E-state index is 0.445. The molecule has 1 aromatic rings. The zero-order chi connectivity index (χ0) is 9.68. The highest BCUT2D eigenvalue weighted by molar-refractivity contribution is 5.38. The number of methoxy groups -OCH3 is 1. The first kappa shape index (κ1) is 9.60. The van der Waals surface area contributed by atoms with E-state index in [1.807, 2.05) is 18.2 Å². The van der Waals surface area contributed by atoms with Gasteiger partial charge in [0.25, 0.3) is 0 Å². The summed E-state index contributed by atoms with van der Waals surface area (Å²) in [5, 5.41) is 8.52. The second kappa shape index (κ2) is 4.51. The molecule has 0 radical (unpaired) electrons. The predicted octanol–water partition coefficient (Wildman–Crippen LogP) is 2.32. The van der Waals surface area contributed by atoms with E-state index in [0.717, 1.165) is 17.7 Å². The highest BCUT2D eigenvalue weighted by Crippen LogP contribution is 2.20. The Balaban J connectivity index is 3.00. The van der Waals surface area contributed by atoms with Gasteiger partial charge in [0.15, 0.2) is 0 Å². The van der Waals surface area contributed by atoms with Gasteiger partial charge in [-0.05, 0) is 23.6 Å². The standard InChI is InChI=1S/C11H13NO/c1-3-10-5-4-9(6-7-12)8-11(10)13-2/h4-5,8H,3,6H2,1-2H3. The molecule has 0 fully saturated rings. The zero-order valence-corrected chi connectivity index (χ0v) is 8.00. The molecule has 2 nitrogen and oxygen atoms in total. The van der Waals surface area contributed by atoms with E-state index in [0.29, 0.717) is 6.42 Å². The van der Waals surface area contributed by atoms with Crippen LogP contribution in [0.2, 0.25) is 0 Å². The summed E-state index contributed by atoms with van der Waals surface area (Å²) >= 11 is 0. The van der Waals surface area contributed by atoms with Crippen molar-refractivity contribution >= 4 is 0 Å². The lowest BCUT2D eigenvalue weighted by atomic mass is 10.1. The predicted molar refractivity (Wildman–Crippen MR) is 51.7 cm³/mol. The van der Waals surface area contributed by atoms with Crippen LogP contribution in [-0.2, 0) is 12.8 Å². The van der Waals surface area contributed by atoms with Crippen LogP contribution in [0.5, 0.6) is 5.75 Å². The van der Waals surface area contributed by atoms with Crippen molar-refractivity contribution in [2.45, 2.75) is 19.8 Å². The zero-order valence-electron chi connectivity index (χ0n) is 8.00. The summed E-state index contributed by atoms with van der Waals surface area (Å²) in [7, 11) is 1.66. The molecule has 0 spiro atoms. The van der Waals surface area contributed by atoms with Crippen molar-refractivity contribution in [3.8, 4) is 11.8 Å². The molecular weight excluding hydrogens is 162 g/mol. The van der Waals surface area contributed by atoms with Crippen LogP contribution in [0.15, 0.2) is 18.2 Å². The lowest BCUT2D eigenvalue weighted by molar-refractivity contribution is 0.409. The van der Waals surface area contributed by atoms with Crippen molar-refractivity contribution < 1.29 is 4.74 Å². The second-order valence-electron chi connectivity index (χ2n) is 2.83. The molecule has 0 unspecified atom stereocenters. The number of ether oxygens (including phenoxy) is 1. The fraction of sp³-hybridized carbons (Fsp3) is 0.364. The molecule has 0 aromatic heterocycles. The van der Waals surface area contributed by atoms with Gasteiger partial charge in [-0.3, -0.25) is 0 Å². The van der Waals surface area contributed by atoms with E-state index < -0.39 is 0 Å². The Kier molecular flexibility index (Phi) is 3.33. The van der Waals surface area contributed by atoms with Gasteiger partial charge in [-0.15, -0.1) is 0 Å². The summed E-state index contributed by atoms with van der Waals surface area (Å²) in [6.45, 7) is 2.09. The van der Waals surface area contributed by atoms with Gasteiger partial charge < -0.3 is 4.74 Å². The molecule has 0 saturated carbocycles. The maximum Gasteiger partial charge on any atom is 0.122 e. The number of rotatable bonds is 3. The third-order valence-corrected chi connectivity index (χ3v) is 2.02.